The number of hydrogen-bond acceptors (Lipinski definition) is 4. The molecule has 0 aliphatic carbocycles. The van der Waals surface area contributed by atoms with Crippen LogP contribution >= 0.6 is 0 Å². The largest absolute Gasteiger partial charge is 0.465 e. The summed E-state index contributed by atoms with van der Waals surface area (Å²) < 4.78 is 7.57. The summed E-state index contributed by atoms with van der Waals surface area (Å²) in [6, 6.07) is 4.47. The molecule has 1 N–H and O–H groups in total. The van der Waals surface area contributed by atoms with Crippen molar-refractivity contribution >= 4 is 0 Å². The number of furan rings is 1. The van der Waals surface area contributed by atoms with E-state index in [1.807, 2.05) is 30.7 Å². The molecule has 0 bridgehead atoms. The maximum atomic E-state index is 5.55. The number of aryl methyl sites for hydroxylation is 3. The Morgan fingerprint density at radius 1 is 1.44 bits per heavy atom. The molecule has 1 aliphatic heterocycles. The fourth-order valence-corrected chi connectivity index (χ4v) is 2.43. The van der Waals surface area contributed by atoms with E-state index < -0.39 is 0 Å². The number of fused-ring (bicyclic) bond motifs is 1. The second kappa shape index (κ2) is 4.57. The summed E-state index contributed by atoms with van der Waals surface area (Å²) in [7, 11) is 0. The molecule has 3 heterocycles. The molecule has 0 spiro atoms. The van der Waals surface area contributed by atoms with Crippen molar-refractivity contribution in [3.63, 3.8) is 0 Å². The Hall–Kier alpha value is -1.62. The highest BCUT2D eigenvalue weighted by atomic mass is 16.3. The number of hydrogen-bond donors (Lipinski definition) is 1. The summed E-state index contributed by atoms with van der Waals surface area (Å²) in [6.45, 7) is 5.59. The van der Waals surface area contributed by atoms with E-state index in [9.17, 15) is 0 Å². The smallest absolute Gasteiger partial charge is 0.147 e. The highest BCUT2D eigenvalue weighted by Crippen LogP contribution is 2.14. The van der Waals surface area contributed by atoms with E-state index in [-0.39, 0.29) is 0 Å². The van der Waals surface area contributed by atoms with Crippen LogP contribution in [0.2, 0.25) is 0 Å². The minimum absolute atomic E-state index is 0.448. The Morgan fingerprint density at radius 3 is 3.11 bits per heavy atom. The van der Waals surface area contributed by atoms with Gasteiger partial charge >= 0.3 is 0 Å². The van der Waals surface area contributed by atoms with Crippen LogP contribution in [0, 0.1) is 13.8 Å². The average molecular weight is 246 g/mol. The van der Waals surface area contributed by atoms with Crippen molar-refractivity contribution < 1.29 is 4.42 Å². The molecule has 0 fully saturated rings. The third-order valence-corrected chi connectivity index (χ3v) is 3.32. The first-order chi connectivity index (χ1) is 8.70. The normalized spacial score (nSPS) is 18.9. The van der Waals surface area contributed by atoms with Crippen LogP contribution in [0.4, 0.5) is 0 Å². The Bertz CT molecular complexity index is 543. The van der Waals surface area contributed by atoms with Gasteiger partial charge in [-0.3, -0.25) is 0 Å². The van der Waals surface area contributed by atoms with E-state index in [1.165, 1.54) is 0 Å². The molecule has 18 heavy (non-hydrogen) atoms. The molecule has 0 amide bonds. The Balaban J connectivity index is 1.59. The van der Waals surface area contributed by atoms with E-state index in [2.05, 4.69) is 15.4 Å². The van der Waals surface area contributed by atoms with Gasteiger partial charge in [-0.25, -0.2) is 9.67 Å². The quantitative estimate of drug-likeness (QED) is 0.893. The maximum Gasteiger partial charge on any atom is 0.147 e. The molecule has 0 saturated heterocycles. The lowest BCUT2D eigenvalue weighted by atomic mass is 10.1. The molecular weight excluding hydrogens is 228 g/mol. The molecule has 5 nitrogen and oxygen atoms in total. The van der Waals surface area contributed by atoms with Crippen molar-refractivity contribution in [2.75, 3.05) is 0 Å². The van der Waals surface area contributed by atoms with Gasteiger partial charge in [-0.15, -0.1) is 0 Å². The number of rotatable bonds is 3. The molecule has 1 atom stereocenters. The molecule has 3 rings (SSSR count). The minimum atomic E-state index is 0.448. The fraction of sp³-hybridized carbons (Fsp3) is 0.538. The van der Waals surface area contributed by atoms with Crippen LogP contribution in [0.1, 0.15) is 29.6 Å². The minimum Gasteiger partial charge on any atom is -0.465 e. The van der Waals surface area contributed by atoms with Gasteiger partial charge in [0.2, 0.25) is 0 Å². The molecule has 2 aromatic rings. The van der Waals surface area contributed by atoms with Gasteiger partial charge in [0.1, 0.15) is 23.2 Å². The first-order valence-electron chi connectivity index (χ1n) is 6.40. The lowest BCUT2D eigenvalue weighted by Gasteiger charge is -2.23. The Labute approximate surface area is 106 Å². The van der Waals surface area contributed by atoms with Crippen LogP contribution in [-0.2, 0) is 19.5 Å². The third kappa shape index (κ3) is 2.31. The standard InChI is InChI=1S/C13H18N4O/c1-9-3-5-12(18-9)7-14-11-4-6-13-15-10(2)16-17(13)8-11/h3,5,11,14H,4,6-8H2,1-2H3. The van der Waals surface area contributed by atoms with Crippen LogP contribution < -0.4 is 5.32 Å². The summed E-state index contributed by atoms with van der Waals surface area (Å²) in [5.74, 6) is 3.93. The molecule has 1 aliphatic rings. The van der Waals surface area contributed by atoms with Crippen molar-refractivity contribution in [2.24, 2.45) is 0 Å². The number of nitrogens with zero attached hydrogens (tertiary/aromatic N) is 3. The van der Waals surface area contributed by atoms with Crippen molar-refractivity contribution in [1.29, 1.82) is 0 Å². The van der Waals surface area contributed by atoms with Crippen molar-refractivity contribution in [3.8, 4) is 0 Å². The van der Waals surface area contributed by atoms with E-state index >= 15 is 0 Å². The molecule has 5 heteroatoms. The van der Waals surface area contributed by atoms with Gasteiger partial charge in [0.15, 0.2) is 0 Å². The third-order valence-electron chi connectivity index (χ3n) is 3.32. The first kappa shape index (κ1) is 11.5. The molecule has 1 unspecified atom stereocenters. The van der Waals surface area contributed by atoms with Gasteiger partial charge in [0, 0.05) is 12.5 Å². The zero-order valence-electron chi connectivity index (χ0n) is 10.8. The summed E-state index contributed by atoms with van der Waals surface area (Å²) in [5.41, 5.74) is 0. The fourth-order valence-electron chi connectivity index (χ4n) is 2.43. The SMILES string of the molecule is Cc1nc2n(n1)CC(NCc1ccc(C)o1)CC2. The maximum absolute atomic E-state index is 5.55. The summed E-state index contributed by atoms with van der Waals surface area (Å²) in [6.07, 6.45) is 2.10. The highest BCUT2D eigenvalue weighted by Gasteiger charge is 2.20. The van der Waals surface area contributed by atoms with Crippen LogP contribution in [0.5, 0.6) is 0 Å². The predicted octanol–water partition coefficient (Wildman–Crippen LogP) is 1.59. The van der Waals surface area contributed by atoms with Crippen molar-refractivity contribution in [3.05, 3.63) is 35.3 Å². The molecule has 0 saturated carbocycles. The molecule has 0 radical (unpaired) electrons. The summed E-state index contributed by atoms with van der Waals surface area (Å²) in [5, 5.41) is 7.92. The summed E-state index contributed by atoms with van der Waals surface area (Å²) in [4.78, 5) is 4.41. The van der Waals surface area contributed by atoms with Crippen molar-refractivity contribution in [1.82, 2.24) is 20.1 Å². The lowest BCUT2D eigenvalue weighted by molar-refractivity contribution is 0.342. The van der Waals surface area contributed by atoms with Crippen LogP contribution in [-0.4, -0.2) is 20.8 Å². The predicted molar refractivity (Wildman–Crippen MR) is 67.2 cm³/mol. The van der Waals surface area contributed by atoms with Crippen LogP contribution in [0.15, 0.2) is 16.5 Å². The highest BCUT2D eigenvalue weighted by molar-refractivity contribution is 5.05. The van der Waals surface area contributed by atoms with E-state index in [0.29, 0.717) is 6.04 Å². The first-order valence-corrected chi connectivity index (χ1v) is 6.40. The Morgan fingerprint density at radius 2 is 2.33 bits per heavy atom. The molecule has 2 aromatic heterocycles. The Kier molecular flexibility index (Phi) is 2.91. The summed E-state index contributed by atoms with van der Waals surface area (Å²) >= 11 is 0. The molecule has 96 valence electrons. The topological polar surface area (TPSA) is 55.9 Å². The van der Waals surface area contributed by atoms with Gasteiger partial charge in [-0.2, -0.15) is 5.10 Å². The van der Waals surface area contributed by atoms with Gasteiger partial charge in [0.05, 0.1) is 13.1 Å². The average Bonchev–Trinajstić information content (AvgIpc) is 2.90. The van der Waals surface area contributed by atoms with E-state index in [4.69, 9.17) is 4.42 Å². The lowest BCUT2D eigenvalue weighted by Crippen LogP contribution is -2.37. The second-order valence-corrected chi connectivity index (χ2v) is 4.89. The van der Waals surface area contributed by atoms with Gasteiger partial charge in [0.25, 0.3) is 0 Å². The molecule has 0 aromatic carbocycles. The second-order valence-electron chi connectivity index (χ2n) is 4.89. The monoisotopic (exact) mass is 246 g/mol. The van der Waals surface area contributed by atoms with E-state index in [1.54, 1.807) is 0 Å². The van der Waals surface area contributed by atoms with Gasteiger partial charge in [-0.1, -0.05) is 0 Å². The number of aromatic nitrogens is 3. The number of nitrogens with one attached hydrogen (secondary N) is 1. The zero-order chi connectivity index (χ0) is 12.5. The van der Waals surface area contributed by atoms with Gasteiger partial charge in [-0.05, 0) is 32.4 Å². The van der Waals surface area contributed by atoms with E-state index in [0.717, 1.165) is 49.1 Å². The van der Waals surface area contributed by atoms with Gasteiger partial charge < -0.3 is 9.73 Å². The van der Waals surface area contributed by atoms with Crippen molar-refractivity contribution in [2.45, 2.75) is 45.8 Å². The van der Waals surface area contributed by atoms with Crippen LogP contribution in [0.3, 0.4) is 0 Å². The zero-order valence-corrected chi connectivity index (χ0v) is 10.8. The van der Waals surface area contributed by atoms with Crippen LogP contribution in [0.25, 0.3) is 0 Å². The molecular formula is C13H18N4O.